The fourth-order valence-electron chi connectivity index (χ4n) is 3.00. The van der Waals surface area contributed by atoms with Gasteiger partial charge in [-0.1, -0.05) is 17.2 Å². The van der Waals surface area contributed by atoms with E-state index in [2.05, 4.69) is 15.5 Å². The molecule has 3 aromatic rings. The first-order valence-corrected chi connectivity index (χ1v) is 10.0. The Morgan fingerprint density at radius 2 is 1.72 bits per heavy atom. The fourth-order valence-corrected chi connectivity index (χ4v) is 3.59. The van der Waals surface area contributed by atoms with Crippen LogP contribution in [0.2, 0.25) is 0 Å². The molecular weight excluding hydrogens is 392 g/mol. The van der Waals surface area contributed by atoms with Crippen LogP contribution in [0.3, 0.4) is 0 Å². The van der Waals surface area contributed by atoms with Crippen LogP contribution in [0.5, 0.6) is 0 Å². The molecule has 29 heavy (non-hydrogen) atoms. The van der Waals surface area contributed by atoms with Gasteiger partial charge in [0.25, 0.3) is 11.8 Å². The van der Waals surface area contributed by atoms with Gasteiger partial charge in [0.2, 0.25) is 11.8 Å². The van der Waals surface area contributed by atoms with Crippen molar-refractivity contribution < 1.29 is 18.8 Å². The molecule has 0 spiro atoms. The topological polar surface area (TPSA) is 105 Å². The summed E-state index contributed by atoms with van der Waals surface area (Å²) in [6.45, 7) is 0. The molecule has 1 aliphatic heterocycles. The first kappa shape index (κ1) is 18.9. The molecule has 2 heterocycles. The molecule has 0 unspecified atom stereocenters. The van der Waals surface area contributed by atoms with Crippen molar-refractivity contribution in [3.63, 3.8) is 0 Å². The number of thioether (sulfide) groups is 1. The average molecular weight is 408 g/mol. The van der Waals surface area contributed by atoms with Gasteiger partial charge in [0, 0.05) is 23.3 Å². The summed E-state index contributed by atoms with van der Waals surface area (Å²) in [7, 11) is 0. The van der Waals surface area contributed by atoms with Crippen molar-refractivity contribution in [2.75, 3.05) is 16.5 Å². The first-order chi connectivity index (χ1) is 14.1. The van der Waals surface area contributed by atoms with Crippen LogP contribution < -0.4 is 10.2 Å². The van der Waals surface area contributed by atoms with Gasteiger partial charge in [0.1, 0.15) is 0 Å². The van der Waals surface area contributed by atoms with E-state index in [1.54, 1.807) is 23.9 Å². The highest BCUT2D eigenvalue weighted by molar-refractivity contribution is 7.98. The van der Waals surface area contributed by atoms with Gasteiger partial charge in [0.15, 0.2) is 0 Å². The second-order valence-electron chi connectivity index (χ2n) is 6.24. The largest absolute Gasteiger partial charge is 0.403 e. The van der Waals surface area contributed by atoms with E-state index < -0.39 is 5.91 Å². The van der Waals surface area contributed by atoms with E-state index in [-0.39, 0.29) is 30.7 Å². The molecule has 0 aliphatic carbocycles. The van der Waals surface area contributed by atoms with Crippen LogP contribution in [0.25, 0.3) is 11.5 Å². The zero-order valence-electron chi connectivity index (χ0n) is 15.4. The Labute approximate surface area is 170 Å². The third kappa shape index (κ3) is 3.77. The van der Waals surface area contributed by atoms with Crippen LogP contribution in [0.4, 0.5) is 11.7 Å². The number of aromatic nitrogens is 2. The summed E-state index contributed by atoms with van der Waals surface area (Å²) in [5.74, 6) is -0.608. The van der Waals surface area contributed by atoms with Gasteiger partial charge in [-0.15, -0.1) is 16.9 Å². The second kappa shape index (κ2) is 7.88. The van der Waals surface area contributed by atoms with Crippen LogP contribution in [-0.4, -0.2) is 34.2 Å². The lowest BCUT2D eigenvalue weighted by Crippen LogP contribution is -2.28. The summed E-state index contributed by atoms with van der Waals surface area (Å²) in [5, 5.41) is 10.4. The molecule has 1 fully saturated rings. The summed E-state index contributed by atoms with van der Waals surface area (Å²) in [4.78, 5) is 38.2. The Balaban J connectivity index is 1.48. The molecule has 1 N–H and O–H groups in total. The maximum Gasteiger partial charge on any atom is 0.322 e. The molecule has 1 aromatic heterocycles. The van der Waals surface area contributed by atoms with Gasteiger partial charge in [0.05, 0.1) is 11.3 Å². The number of nitrogens with one attached hydrogen (secondary N) is 1. The maximum atomic E-state index is 12.5. The molecule has 2 aromatic carbocycles. The molecule has 1 aliphatic rings. The van der Waals surface area contributed by atoms with E-state index >= 15 is 0 Å². The lowest BCUT2D eigenvalue weighted by Gasteiger charge is -2.13. The Hall–Kier alpha value is -3.46. The first-order valence-electron chi connectivity index (χ1n) is 8.81. The van der Waals surface area contributed by atoms with Crippen LogP contribution >= 0.6 is 11.8 Å². The number of benzene rings is 2. The number of carbonyl (C=O) groups excluding carboxylic acids is 3. The summed E-state index contributed by atoms with van der Waals surface area (Å²) in [5.41, 5.74) is 1.57. The lowest BCUT2D eigenvalue weighted by molar-refractivity contribution is -0.121. The van der Waals surface area contributed by atoms with Crippen molar-refractivity contribution in [3.8, 4) is 11.5 Å². The smallest absolute Gasteiger partial charge is 0.322 e. The number of anilines is 2. The van der Waals surface area contributed by atoms with Gasteiger partial charge >= 0.3 is 6.01 Å². The quantitative estimate of drug-likeness (QED) is 0.510. The molecule has 4 rings (SSSR count). The normalized spacial score (nSPS) is 13.8. The molecule has 3 amide bonds. The van der Waals surface area contributed by atoms with Gasteiger partial charge in [-0.2, -0.15) is 0 Å². The van der Waals surface area contributed by atoms with Gasteiger partial charge < -0.3 is 4.42 Å². The van der Waals surface area contributed by atoms with E-state index in [9.17, 15) is 14.4 Å². The van der Waals surface area contributed by atoms with E-state index in [1.807, 2.05) is 30.5 Å². The van der Waals surface area contributed by atoms with Gasteiger partial charge in [-0.3, -0.25) is 24.6 Å². The summed E-state index contributed by atoms with van der Waals surface area (Å²) < 4.78 is 5.57. The molecule has 146 valence electrons. The maximum absolute atomic E-state index is 12.5. The number of hydrogen-bond donors (Lipinski definition) is 1. The number of rotatable bonds is 5. The highest BCUT2D eigenvalue weighted by Gasteiger charge is 2.30. The molecule has 0 atom stereocenters. The van der Waals surface area contributed by atoms with E-state index in [0.717, 1.165) is 15.4 Å². The third-order valence-corrected chi connectivity index (χ3v) is 5.22. The minimum absolute atomic E-state index is 0.0186. The third-order valence-electron chi connectivity index (χ3n) is 4.42. The lowest BCUT2D eigenvalue weighted by atomic mass is 10.2. The minimum Gasteiger partial charge on any atom is -0.403 e. The Morgan fingerprint density at radius 3 is 2.41 bits per heavy atom. The van der Waals surface area contributed by atoms with Crippen LogP contribution in [-0.2, 0) is 9.59 Å². The highest BCUT2D eigenvalue weighted by atomic mass is 32.2. The zero-order valence-corrected chi connectivity index (χ0v) is 16.2. The summed E-state index contributed by atoms with van der Waals surface area (Å²) in [6, 6.07) is 13.8. The number of nitrogens with zero attached hydrogens (tertiary/aromatic N) is 3. The van der Waals surface area contributed by atoms with Gasteiger partial charge in [-0.05, 0) is 42.7 Å². The molecule has 0 bridgehead atoms. The van der Waals surface area contributed by atoms with E-state index in [1.165, 1.54) is 12.1 Å². The zero-order chi connectivity index (χ0) is 20.4. The highest BCUT2D eigenvalue weighted by Crippen LogP contribution is 2.30. The molecule has 0 saturated carbocycles. The number of carbonyl (C=O) groups is 3. The SMILES string of the molecule is CSc1ccccc1-c1nnc(NC(=O)c2ccc(N3C(=O)CCC3=O)cc2)o1. The van der Waals surface area contributed by atoms with E-state index in [0.29, 0.717) is 17.1 Å². The second-order valence-corrected chi connectivity index (χ2v) is 7.08. The number of imide groups is 1. The Bertz CT molecular complexity index is 1080. The Morgan fingerprint density at radius 1 is 1.03 bits per heavy atom. The molecule has 9 heteroatoms. The van der Waals surface area contributed by atoms with Crippen molar-refractivity contribution in [2.24, 2.45) is 0 Å². The van der Waals surface area contributed by atoms with Crippen molar-refractivity contribution in [1.82, 2.24) is 10.2 Å². The van der Waals surface area contributed by atoms with Crippen LogP contribution in [0.15, 0.2) is 57.8 Å². The predicted octanol–water partition coefficient (Wildman–Crippen LogP) is 3.36. The van der Waals surface area contributed by atoms with Crippen molar-refractivity contribution >= 4 is 41.2 Å². The minimum atomic E-state index is -0.441. The van der Waals surface area contributed by atoms with E-state index in [4.69, 9.17) is 4.42 Å². The van der Waals surface area contributed by atoms with Gasteiger partial charge in [-0.25, -0.2) is 0 Å². The number of amides is 3. The van der Waals surface area contributed by atoms with Crippen LogP contribution in [0.1, 0.15) is 23.2 Å². The Kier molecular flexibility index (Phi) is 5.13. The van der Waals surface area contributed by atoms with Crippen molar-refractivity contribution in [1.29, 1.82) is 0 Å². The molecule has 8 nitrogen and oxygen atoms in total. The fraction of sp³-hybridized carbons (Fsp3) is 0.150. The molecular formula is C20H16N4O4S. The molecule has 0 radical (unpaired) electrons. The number of hydrogen-bond acceptors (Lipinski definition) is 7. The van der Waals surface area contributed by atoms with Crippen molar-refractivity contribution in [3.05, 3.63) is 54.1 Å². The van der Waals surface area contributed by atoms with Crippen molar-refractivity contribution in [2.45, 2.75) is 17.7 Å². The monoisotopic (exact) mass is 408 g/mol. The predicted molar refractivity (Wildman–Crippen MR) is 108 cm³/mol. The summed E-state index contributed by atoms with van der Waals surface area (Å²) in [6.07, 6.45) is 2.37. The molecule has 1 saturated heterocycles. The van der Waals surface area contributed by atoms with Crippen LogP contribution in [0, 0.1) is 0 Å². The average Bonchev–Trinajstić information content (AvgIpc) is 3.34. The summed E-state index contributed by atoms with van der Waals surface area (Å²) >= 11 is 1.56. The standard InChI is InChI=1S/C20H16N4O4S/c1-29-15-5-3-2-4-14(15)19-22-23-20(28-19)21-18(27)12-6-8-13(9-7-12)24-16(25)10-11-17(24)26/h2-9H,10-11H2,1H3,(H,21,23,27).